The molecular weight excluding hydrogens is 475 g/mol. The molecular formula is C22H22F3N3O5S. The summed E-state index contributed by atoms with van der Waals surface area (Å²) >= 11 is 0. The van der Waals surface area contributed by atoms with Crippen LogP contribution in [0.2, 0.25) is 0 Å². The molecule has 0 saturated carbocycles. The van der Waals surface area contributed by atoms with E-state index in [1.807, 2.05) is 0 Å². The van der Waals surface area contributed by atoms with Crippen molar-refractivity contribution in [2.45, 2.75) is 39.8 Å². The lowest BCUT2D eigenvalue weighted by Crippen LogP contribution is -2.47. The molecule has 1 saturated heterocycles. The van der Waals surface area contributed by atoms with E-state index in [9.17, 15) is 31.2 Å². The first kappa shape index (κ1) is 24.0. The van der Waals surface area contributed by atoms with Crippen molar-refractivity contribution in [3.05, 3.63) is 52.3 Å². The summed E-state index contributed by atoms with van der Waals surface area (Å²) in [6.45, 7) is 2.01. The van der Waals surface area contributed by atoms with E-state index in [0.29, 0.717) is 0 Å². The monoisotopic (exact) mass is 497 g/mol. The van der Waals surface area contributed by atoms with Gasteiger partial charge in [-0.25, -0.2) is 27.2 Å². The first-order chi connectivity index (χ1) is 15.8. The smallest absolute Gasteiger partial charge is 0.387 e. The normalized spacial score (nSPS) is 16.7. The molecule has 182 valence electrons. The quantitative estimate of drug-likeness (QED) is 0.463. The number of halogens is 3. The number of sulfone groups is 1. The minimum Gasteiger partial charge on any atom is -0.435 e. The van der Waals surface area contributed by atoms with Crippen molar-refractivity contribution >= 4 is 26.8 Å². The Morgan fingerprint density at radius 2 is 1.91 bits per heavy atom. The first-order valence-corrected chi connectivity index (χ1v) is 12.2. The fourth-order valence-electron chi connectivity index (χ4n) is 4.42. The first-order valence-electron chi connectivity index (χ1n) is 10.4. The van der Waals surface area contributed by atoms with Gasteiger partial charge < -0.3 is 4.74 Å². The second kappa shape index (κ2) is 8.26. The molecule has 0 aliphatic carbocycles. The standard InChI is InChI=1S/C22H22F3N3O5S/c1-12(2)27-17-6-13(18(29)8-22(3)10-34(31,32)11-22)9-26-19(17)28(21(27)30)16-7-14(33-20(24)25)4-5-15(16)23/h4-7,9,12,20H,8,10-11H2,1-3H3. The number of ether oxygens (including phenoxy) is 1. The predicted octanol–water partition coefficient (Wildman–Crippen LogP) is 3.52. The fraction of sp³-hybridized carbons (Fsp3) is 0.409. The summed E-state index contributed by atoms with van der Waals surface area (Å²) in [6.07, 6.45) is 1.23. The number of pyridine rings is 1. The largest absolute Gasteiger partial charge is 0.435 e. The molecule has 0 unspecified atom stereocenters. The van der Waals surface area contributed by atoms with Crippen molar-refractivity contribution in [3.63, 3.8) is 0 Å². The number of carbonyl (C=O) groups is 1. The summed E-state index contributed by atoms with van der Waals surface area (Å²) < 4.78 is 69.7. The molecule has 1 aliphatic rings. The van der Waals surface area contributed by atoms with Crippen LogP contribution in [-0.2, 0) is 9.84 Å². The van der Waals surface area contributed by atoms with Crippen molar-refractivity contribution in [1.29, 1.82) is 0 Å². The van der Waals surface area contributed by atoms with Gasteiger partial charge >= 0.3 is 12.3 Å². The van der Waals surface area contributed by atoms with Gasteiger partial charge in [-0.1, -0.05) is 6.92 Å². The predicted molar refractivity (Wildman–Crippen MR) is 118 cm³/mol. The van der Waals surface area contributed by atoms with Crippen molar-refractivity contribution < 1.29 is 31.1 Å². The number of ketones is 1. The number of alkyl halides is 2. The lowest BCUT2D eigenvalue weighted by Gasteiger charge is -2.37. The minimum absolute atomic E-state index is 0.00627. The van der Waals surface area contributed by atoms with Gasteiger partial charge in [0.1, 0.15) is 11.6 Å². The minimum atomic E-state index is -3.13. The van der Waals surface area contributed by atoms with E-state index in [4.69, 9.17) is 0 Å². The van der Waals surface area contributed by atoms with Crippen LogP contribution in [0.3, 0.4) is 0 Å². The third-order valence-electron chi connectivity index (χ3n) is 5.66. The summed E-state index contributed by atoms with van der Waals surface area (Å²) in [6, 6.07) is 3.95. The Labute approximate surface area is 192 Å². The second-order valence-corrected chi connectivity index (χ2v) is 11.1. The lowest BCUT2D eigenvalue weighted by atomic mass is 9.86. The maximum absolute atomic E-state index is 14.7. The van der Waals surface area contributed by atoms with E-state index >= 15 is 0 Å². The highest BCUT2D eigenvalue weighted by Gasteiger charge is 2.45. The molecule has 3 aromatic rings. The average molecular weight is 497 g/mol. The van der Waals surface area contributed by atoms with Crippen molar-refractivity contribution in [2.75, 3.05) is 11.5 Å². The number of carbonyl (C=O) groups excluding carboxylic acids is 1. The van der Waals surface area contributed by atoms with Crippen LogP contribution in [0.4, 0.5) is 13.2 Å². The van der Waals surface area contributed by atoms with Crippen LogP contribution in [-0.4, -0.2) is 46.4 Å². The summed E-state index contributed by atoms with van der Waals surface area (Å²) in [5.74, 6) is -1.68. The van der Waals surface area contributed by atoms with Gasteiger partial charge in [0, 0.05) is 35.7 Å². The molecule has 0 spiro atoms. The van der Waals surface area contributed by atoms with E-state index in [-0.39, 0.29) is 51.9 Å². The molecule has 1 aromatic carbocycles. The van der Waals surface area contributed by atoms with Gasteiger partial charge in [0.15, 0.2) is 21.3 Å². The Kier molecular flexibility index (Phi) is 5.83. The maximum Gasteiger partial charge on any atom is 0.387 e. The van der Waals surface area contributed by atoms with Crippen LogP contribution in [0.25, 0.3) is 16.9 Å². The third kappa shape index (κ3) is 4.33. The highest BCUT2D eigenvalue weighted by Crippen LogP contribution is 2.37. The van der Waals surface area contributed by atoms with Crippen LogP contribution in [0.15, 0.2) is 35.3 Å². The molecule has 8 nitrogen and oxygen atoms in total. The SMILES string of the molecule is CC(C)n1c(=O)n(-c2cc(OC(F)F)ccc2F)c2ncc(C(=O)CC3(C)CS(=O)(=O)C3)cc21. The number of rotatable bonds is 7. The molecule has 0 amide bonds. The zero-order chi connectivity index (χ0) is 25.0. The molecule has 1 fully saturated rings. The number of fused-ring (bicyclic) bond motifs is 1. The van der Waals surface area contributed by atoms with Crippen molar-refractivity contribution in [2.24, 2.45) is 5.41 Å². The highest BCUT2D eigenvalue weighted by molar-refractivity contribution is 7.92. The summed E-state index contributed by atoms with van der Waals surface area (Å²) in [5, 5.41) is 0. The number of Topliss-reactive ketones (excluding diaryl/α,β-unsaturated/α-hetero) is 1. The molecule has 1 aliphatic heterocycles. The van der Waals surface area contributed by atoms with Gasteiger partial charge in [0.25, 0.3) is 0 Å². The zero-order valence-corrected chi connectivity index (χ0v) is 19.4. The van der Waals surface area contributed by atoms with Crippen LogP contribution in [0.1, 0.15) is 43.6 Å². The number of imidazole rings is 1. The van der Waals surface area contributed by atoms with Crippen LogP contribution >= 0.6 is 0 Å². The van der Waals surface area contributed by atoms with E-state index in [0.717, 1.165) is 22.8 Å². The van der Waals surface area contributed by atoms with Crippen molar-refractivity contribution in [3.8, 4) is 11.4 Å². The van der Waals surface area contributed by atoms with E-state index in [1.54, 1.807) is 20.8 Å². The molecule has 3 heterocycles. The van der Waals surface area contributed by atoms with E-state index < -0.39 is 39.4 Å². The number of aromatic nitrogens is 3. The molecule has 34 heavy (non-hydrogen) atoms. The summed E-state index contributed by atoms with van der Waals surface area (Å²) in [5.41, 5.74) is -1.21. The van der Waals surface area contributed by atoms with E-state index in [2.05, 4.69) is 9.72 Å². The van der Waals surface area contributed by atoms with Gasteiger partial charge in [-0.3, -0.25) is 9.36 Å². The molecule has 0 bridgehead atoms. The topological polar surface area (TPSA) is 100 Å². The Hall–Kier alpha value is -3.15. The van der Waals surface area contributed by atoms with E-state index in [1.165, 1.54) is 16.8 Å². The Morgan fingerprint density at radius 3 is 2.50 bits per heavy atom. The van der Waals surface area contributed by atoms with Crippen LogP contribution < -0.4 is 10.4 Å². The van der Waals surface area contributed by atoms with Gasteiger partial charge in [-0.05, 0) is 32.0 Å². The average Bonchev–Trinajstić information content (AvgIpc) is 2.98. The fourth-order valence-corrected chi connectivity index (χ4v) is 6.66. The number of nitrogens with zero attached hydrogens (tertiary/aromatic N) is 3. The van der Waals surface area contributed by atoms with Gasteiger partial charge in [0.2, 0.25) is 0 Å². The number of hydrogen-bond acceptors (Lipinski definition) is 6. The zero-order valence-electron chi connectivity index (χ0n) is 18.6. The Morgan fingerprint density at radius 1 is 1.24 bits per heavy atom. The molecule has 0 radical (unpaired) electrons. The highest BCUT2D eigenvalue weighted by atomic mass is 32.2. The molecule has 4 rings (SSSR count). The lowest BCUT2D eigenvalue weighted by molar-refractivity contribution is -0.0498. The second-order valence-electron chi connectivity index (χ2n) is 9.08. The van der Waals surface area contributed by atoms with Crippen LogP contribution in [0.5, 0.6) is 5.75 Å². The molecule has 0 atom stereocenters. The molecule has 2 aromatic heterocycles. The van der Waals surface area contributed by atoms with Gasteiger partial charge in [0.05, 0.1) is 22.7 Å². The van der Waals surface area contributed by atoms with Crippen LogP contribution in [0, 0.1) is 11.2 Å². The Balaban J connectivity index is 1.81. The maximum atomic E-state index is 14.7. The number of hydrogen-bond donors (Lipinski definition) is 0. The summed E-state index contributed by atoms with van der Waals surface area (Å²) in [4.78, 5) is 30.3. The summed E-state index contributed by atoms with van der Waals surface area (Å²) in [7, 11) is -3.13. The van der Waals surface area contributed by atoms with Gasteiger partial charge in [-0.2, -0.15) is 8.78 Å². The van der Waals surface area contributed by atoms with Crippen molar-refractivity contribution in [1.82, 2.24) is 14.1 Å². The number of benzene rings is 1. The van der Waals surface area contributed by atoms with Gasteiger partial charge in [-0.15, -0.1) is 0 Å². The molecule has 0 N–H and O–H groups in total. The molecule has 12 heteroatoms. The Bertz CT molecular complexity index is 1450. The third-order valence-corrected chi connectivity index (χ3v) is 7.94.